The van der Waals surface area contributed by atoms with Crippen LogP contribution in [0.15, 0.2) is 239 Å². The highest BCUT2D eigenvalue weighted by Crippen LogP contribution is 2.48. The zero-order valence-corrected chi connectivity index (χ0v) is 34.7. The van der Waals surface area contributed by atoms with E-state index in [0.29, 0.717) is 0 Å². The topological polar surface area (TPSA) is 34.5 Å². The lowest BCUT2D eigenvalue weighted by atomic mass is 9.97. The van der Waals surface area contributed by atoms with Gasteiger partial charge in [-0.25, -0.2) is 0 Å². The molecule has 13 rings (SSSR count). The third-order valence-corrected chi connectivity index (χ3v) is 12.8. The number of para-hydroxylation sites is 6. The Morgan fingerprint density at radius 3 is 1.58 bits per heavy atom. The quantitative estimate of drug-likeness (QED) is 0.161. The molecular formula is C60H38N2O2. The smallest absolute Gasteiger partial charge is 0.143 e. The number of anilines is 3. The molecule has 10 aromatic carbocycles. The van der Waals surface area contributed by atoms with Gasteiger partial charge < -0.3 is 18.3 Å². The standard InChI is InChI=1S/C60H38N2O2/c1-2-16-39(17-3-1)40-32-34-42(35-33-40)61(54-27-9-6-22-47(54)50-25-15-26-51-48-23-7-12-30-57(48)63-59(50)51)44-37-52(60-53(38-44)49-24-8-13-31-58(49)64-60)41-18-14-19-43(36-41)62-55-28-10-4-20-45(55)46-21-5-11-29-56(46)62/h1-38H. The van der Waals surface area contributed by atoms with Crippen molar-refractivity contribution >= 4 is 82.7 Å². The van der Waals surface area contributed by atoms with Crippen molar-refractivity contribution in [2.24, 2.45) is 0 Å². The summed E-state index contributed by atoms with van der Waals surface area (Å²) in [4.78, 5) is 2.40. The lowest BCUT2D eigenvalue weighted by Gasteiger charge is -2.29. The van der Waals surface area contributed by atoms with Gasteiger partial charge in [0.05, 0.1) is 16.7 Å². The Bertz CT molecular complexity index is 3860. The lowest BCUT2D eigenvalue weighted by molar-refractivity contribution is 0.669. The van der Waals surface area contributed by atoms with Crippen LogP contribution >= 0.6 is 0 Å². The molecule has 0 aliphatic heterocycles. The number of fused-ring (bicyclic) bond motifs is 9. The van der Waals surface area contributed by atoms with Crippen LogP contribution in [0.3, 0.4) is 0 Å². The molecule has 0 saturated heterocycles. The SMILES string of the molecule is c1ccc(-c2ccc(N(c3cc(-c4cccc(-n5c6ccccc6c6ccccc65)c4)c4oc5ccccc5c4c3)c3ccccc3-c3cccc4c3oc3ccccc34)cc2)cc1. The van der Waals surface area contributed by atoms with E-state index in [4.69, 9.17) is 8.83 Å². The Morgan fingerprint density at radius 2 is 0.844 bits per heavy atom. The lowest BCUT2D eigenvalue weighted by Crippen LogP contribution is -2.11. The largest absolute Gasteiger partial charge is 0.455 e. The van der Waals surface area contributed by atoms with E-state index in [0.717, 1.165) is 94.4 Å². The van der Waals surface area contributed by atoms with Gasteiger partial charge in [-0.3, -0.25) is 0 Å². The maximum Gasteiger partial charge on any atom is 0.143 e. The van der Waals surface area contributed by atoms with Gasteiger partial charge >= 0.3 is 0 Å². The summed E-state index contributed by atoms with van der Waals surface area (Å²) in [5.41, 5.74) is 16.4. The summed E-state index contributed by atoms with van der Waals surface area (Å²) in [6.45, 7) is 0. The van der Waals surface area contributed by atoms with Crippen molar-refractivity contribution in [3.8, 4) is 39.1 Å². The van der Waals surface area contributed by atoms with E-state index in [1.165, 1.54) is 27.4 Å². The predicted molar refractivity (Wildman–Crippen MR) is 266 cm³/mol. The van der Waals surface area contributed by atoms with Crippen LogP contribution in [0.25, 0.3) is 105 Å². The number of furan rings is 2. The first kappa shape index (κ1) is 36.1. The third-order valence-electron chi connectivity index (χ3n) is 12.8. The molecule has 0 bridgehead atoms. The van der Waals surface area contributed by atoms with Gasteiger partial charge in [-0.05, 0) is 83.4 Å². The molecule has 3 heterocycles. The molecule has 4 nitrogen and oxygen atoms in total. The Kier molecular flexibility index (Phi) is 8.18. The van der Waals surface area contributed by atoms with Gasteiger partial charge in [0.1, 0.15) is 22.3 Å². The molecular weight excluding hydrogens is 781 g/mol. The fraction of sp³-hybridized carbons (Fsp3) is 0. The second kappa shape index (κ2) is 14.5. The highest BCUT2D eigenvalue weighted by molar-refractivity contribution is 6.14. The monoisotopic (exact) mass is 818 g/mol. The molecule has 0 fully saturated rings. The number of benzene rings is 10. The molecule has 3 aromatic heterocycles. The zero-order valence-electron chi connectivity index (χ0n) is 34.7. The summed E-state index contributed by atoms with van der Waals surface area (Å²) in [6, 6.07) is 82.1. The third kappa shape index (κ3) is 5.70. The first-order chi connectivity index (χ1) is 31.7. The van der Waals surface area contributed by atoms with E-state index < -0.39 is 0 Å². The number of hydrogen-bond donors (Lipinski definition) is 0. The van der Waals surface area contributed by atoms with Crippen molar-refractivity contribution in [1.82, 2.24) is 4.57 Å². The van der Waals surface area contributed by atoms with Crippen molar-refractivity contribution in [3.05, 3.63) is 231 Å². The van der Waals surface area contributed by atoms with Gasteiger partial charge in [0.2, 0.25) is 0 Å². The molecule has 0 aliphatic rings. The van der Waals surface area contributed by atoms with Crippen molar-refractivity contribution in [3.63, 3.8) is 0 Å². The van der Waals surface area contributed by atoms with Gasteiger partial charge in [-0.15, -0.1) is 0 Å². The summed E-state index contributed by atoms with van der Waals surface area (Å²) >= 11 is 0. The van der Waals surface area contributed by atoms with Crippen LogP contribution in [0.2, 0.25) is 0 Å². The van der Waals surface area contributed by atoms with E-state index in [1.54, 1.807) is 0 Å². The highest BCUT2D eigenvalue weighted by atomic mass is 16.3. The zero-order chi connectivity index (χ0) is 42.1. The van der Waals surface area contributed by atoms with Crippen LogP contribution in [0.5, 0.6) is 0 Å². The second-order valence-corrected chi connectivity index (χ2v) is 16.4. The minimum Gasteiger partial charge on any atom is -0.455 e. The van der Waals surface area contributed by atoms with Crippen LogP contribution in [0.1, 0.15) is 0 Å². The van der Waals surface area contributed by atoms with E-state index in [2.05, 4.69) is 222 Å². The summed E-state index contributed by atoms with van der Waals surface area (Å²) < 4.78 is 15.9. The molecule has 0 amide bonds. The summed E-state index contributed by atoms with van der Waals surface area (Å²) in [6.07, 6.45) is 0. The fourth-order valence-electron chi connectivity index (χ4n) is 9.88. The Balaban J connectivity index is 1.07. The van der Waals surface area contributed by atoms with E-state index in [1.807, 2.05) is 18.2 Å². The predicted octanol–water partition coefficient (Wildman–Crippen LogP) is 17.1. The molecule has 64 heavy (non-hydrogen) atoms. The van der Waals surface area contributed by atoms with Crippen molar-refractivity contribution in [2.45, 2.75) is 0 Å². The number of nitrogens with zero attached hydrogens (tertiary/aromatic N) is 2. The Labute approximate surface area is 369 Å². The molecule has 0 unspecified atom stereocenters. The highest BCUT2D eigenvalue weighted by Gasteiger charge is 2.24. The van der Waals surface area contributed by atoms with Crippen LogP contribution in [-0.2, 0) is 0 Å². The Hall–Kier alpha value is -8.60. The number of rotatable bonds is 7. The molecule has 0 saturated carbocycles. The molecule has 0 radical (unpaired) electrons. The Morgan fingerprint density at radius 1 is 0.312 bits per heavy atom. The van der Waals surface area contributed by atoms with Crippen LogP contribution in [-0.4, -0.2) is 4.57 Å². The van der Waals surface area contributed by atoms with Crippen molar-refractivity contribution in [1.29, 1.82) is 0 Å². The van der Waals surface area contributed by atoms with Gasteiger partial charge in [-0.1, -0.05) is 164 Å². The first-order valence-corrected chi connectivity index (χ1v) is 21.7. The molecule has 4 heteroatoms. The molecule has 13 aromatic rings. The van der Waals surface area contributed by atoms with E-state index in [-0.39, 0.29) is 0 Å². The minimum absolute atomic E-state index is 0.851. The average Bonchev–Trinajstić information content (AvgIpc) is 4.05. The maximum atomic E-state index is 6.85. The summed E-state index contributed by atoms with van der Waals surface area (Å²) in [5.74, 6) is 0. The molecule has 300 valence electrons. The van der Waals surface area contributed by atoms with E-state index in [9.17, 15) is 0 Å². The van der Waals surface area contributed by atoms with Crippen LogP contribution in [0, 0.1) is 0 Å². The van der Waals surface area contributed by atoms with Crippen molar-refractivity contribution < 1.29 is 8.83 Å². The maximum absolute atomic E-state index is 6.85. The normalized spacial score (nSPS) is 11.8. The number of hydrogen-bond acceptors (Lipinski definition) is 3. The van der Waals surface area contributed by atoms with Gasteiger partial charge in [0, 0.05) is 66.1 Å². The molecule has 0 spiro atoms. The van der Waals surface area contributed by atoms with Gasteiger partial charge in [0.15, 0.2) is 0 Å². The van der Waals surface area contributed by atoms with Gasteiger partial charge in [0.25, 0.3) is 0 Å². The molecule has 0 atom stereocenters. The fourth-order valence-corrected chi connectivity index (χ4v) is 9.88. The average molecular weight is 819 g/mol. The van der Waals surface area contributed by atoms with Crippen LogP contribution < -0.4 is 4.90 Å². The summed E-state index contributed by atoms with van der Waals surface area (Å²) in [5, 5.41) is 6.79. The number of aromatic nitrogens is 1. The minimum atomic E-state index is 0.851. The van der Waals surface area contributed by atoms with Crippen molar-refractivity contribution in [2.75, 3.05) is 4.90 Å². The van der Waals surface area contributed by atoms with E-state index >= 15 is 0 Å². The molecule has 0 aliphatic carbocycles. The summed E-state index contributed by atoms with van der Waals surface area (Å²) in [7, 11) is 0. The molecule has 0 N–H and O–H groups in total. The first-order valence-electron chi connectivity index (χ1n) is 21.7. The van der Waals surface area contributed by atoms with Gasteiger partial charge in [-0.2, -0.15) is 0 Å². The van der Waals surface area contributed by atoms with Crippen LogP contribution in [0.4, 0.5) is 17.1 Å². The second-order valence-electron chi connectivity index (χ2n) is 16.4.